The molecule has 2 nitrogen and oxygen atoms in total. The number of thiocarbonyl (C=S) groups is 1. The summed E-state index contributed by atoms with van der Waals surface area (Å²) in [6.45, 7) is 4.79. The minimum absolute atomic E-state index is 0.618. The molecule has 0 aliphatic rings. The molecule has 1 N–H and O–H groups in total. The van der Waals surface area contributed by atoms with Crippen molar-refractivity contribution in [2.45, 2.75) is 20.4 Å². The second kappa shape index (κ2) is 7.32. The Kier molecular flexibility index (Phi) is 5.68. The molecule has 2 aromatic rings. The average molecular weight is 353 g/mol. The van der Waals surface area contributed by atoms with Crippen LogP contribution in [0.1, 0.15) is 16.7 Å². The number of hydrogen-bond donors (Lipinski definition) is 1. The largest absolute Gasteiger partial charge is 0.348 e. The fourth-order valence-electron chi connectivity index (χ4n) is 2.02. The Hall–Kier alpha value is -1.29. The molecule has 22 heavy (non-hydrogen) atoms. The highest BCUT2D eigenvalue weighted by atomic mass is 35.5. The molecule has 0 saturated heterocycles. The van der Waals surface area contributed by atoms with E-state index in [-0.39, 0.29) is 0 Å². The Balaban J connectivity index is 2.04. The first kappa shape index (κ1) is 17.1. The van der Waals surface area contributed by atoms with Crippen molar-refractivity contribution < 1.29 is 0 Å². The van der Waals surface area contributed by atoms with Gasteiger partial charge in [-0.2, -0.15) is 0 Å². The number of nitrogens with one attached hydrogen (secondary N) is 1. The van der Waals surface area contributed by atoms with Gasteiger partial charge < -0.3 is 10.2 Å². The summed E-state index contributed by atoms with van der Waals surface area (Å²) in [4.78, 5) is 1.94. The lowest BCUT2D eigenvalue weighted by molar-refractivity contribution is 0.508. The van der Waals surface area contributed by atoms with Gasteiger partial charge in [0.05, 0.1) is 0 Å². The van der Waals surface area contributed by atoms with E-state index in [1.54, 1.807) is 6.07 Å². The molecule has 5 heteroatoms. The third-order valence-electron chi connectivity index (χ3n) is 3.53. The van der Waals surface area contributed by atoms with Crippen LogP contribution in [-0.2, 0) is 6.54 Å². The van der Waals surface area contributed by atoms with E-state index in [0.29, 0.717) is 21.7 Å². The Labute approximate surface area is 147 Å². The van der Waals surface area contributed by atoms with E-state index in [9.17, 15) is 0 Å². The summed E-state index contributed by atoms with van der Waals surface area (Å²) in [6.07, 6.45) is 0. The van der Waals surface area contributed by atoms with E-state index in [1.807, 2.05) is 30.1 Å². The first-order valence-corrected chi connectivity index (χ1v) is 8.06. The standard InChI is InChI=1S/C17H18Cl2N2S/c1-11-4-7-15(8-12(11)2)20-17(22)21(3)10-13-5-6-14(18)9-16(13)19/h4-9H,10H2,1-3H3,(H,20,22). The first-order valence-electron chi connectivity index (χ1n) is 6.90. The molecule has 0 saturated carbocycles. The van der Waals surface area contributed by atoms with Gasteiger partial charge >= 0.3 is 0 Å². The number of benzene rings is 2. The lowest BCUT2D eigenvalue weighted by atomic mass is 10.1. The second-order valence-electron chi connectivity index (χ2n) is 5.32. The van der Waals surface area contributed by atoms with Gasteiger partial charge in [0, 0.05) is 29.3 Å². The minimum Gasteiger partial charge on any atom is -0.348 e. The van der Waals surface area contributed by atoms with Crippen molar-refractivity contribution in [1.82, 2.24) is 4.90 Å². The number of aryl methyl sites for hydroxylation is 2. The number of halogens is 2. The van der Waals surface area contributed by atoms with Crippen molar-refractivity contribution >= 4 is 46.2 Å². The molecule has 0 aliphatic carbocycles. The molecule has 0 fully saturated rings. The average Bonchev–Trinajstić information content (AvgIpc) is 2.45. The lowest BCUT2D eigenvalue weighted by Crippen LogP contribution is -2.30. The fraction of sp³-hybridized carbons (Fsp3) is 0.235. The van der Waals surface area contributed by atoms with Crippen molar-refractivity contribution in [3.05, 3.63) is 63.1 Å². The molecule has 0 atom stereocenters. The van der Waals surface area contributed by atoms with Crippen molar-refractivity contribution in [2.24, 2.45) is 0 Å². The van der Waals surface area contributed by atoms with Crippen LogP contribution in [0.25, 0.3) is 0 Å². The van der Waals surface area contributed by atoms with Crippen LogP contribution in [0.4, 0.5) is 5.69 Å². The third-order valence-corrected chi connectivity index (χ3v) is 4.53. The summed E-state index contributed by atoms with van der Waals surface area (Å²) in [7, 11) is 1.93. The van der Waals surface area contributed by atoms with Crippen molar-refractivity contribution in [3.63, 3.8) is 0 Å². The SMILES string of the molecule is Cc1ccc(NC(=S)N(C)Cc2ccc(Cl)cc2Cl)cc1C. The minimum atomic E-state index is 0.618. The molecule has 0 aromatic heterocycles. The predicted octanol–water partition coefficient (Wildman–Crippen LogP) is 5.44. The predicted molar refractivity (Wildman–Crippen MR) is 100 cm³/mol. The van der Waals surface area contributed by atoms with Gasteiger partial charge in [-0.15, -0.1) is 0 Å². The Morgan fingerprint density at radius 2 is 1.82 bits per heavy atom. The van der Waals surface area contributed by atoms with Crippen LogP contribution < -0.4 is 5.32 Å². The molecule has 0 bridgehead atoms. The van der Waals surface area contributed by atoms with E-state index in [0.717, 1.165) is 11.3 Å². The van der Waals surface area contributed by atoms with E-state index >= 15 is 0 Å². The zero-order chi connectivity index (χ0) is 16.3. The zero-order valence-corrected chi connectivity index (χ0v) is 15.1. The van der Waals surface area contributed by atoms with Gasteiger partial charge in [0.15, 0.2) is 5.11 Å². The maximum Gasteiger partial charge on any atom is 0.173 e. The zero-order valence-electron chi connectivity index (χ0n) is 12.8. The highest BCUT2D eigenvalue weighted by Crippen LogP contribution is 2.22. The number of hydrogen-bond acceptors (Lipinski definition) is 1. The summed E-state index contributed by atoms with van der Waals surface area (Å²) in [6, 6.07) is 11.7. The molecule has 116 valence electrons. The number of rotatable bonds is 3. The van der Waals surface area contributed by atoms with Crippen LogP contribution in [0.5, 0.6) is 0 Å². The summed E-state index contributed by atoms with van der Waals surface area (Å²) < 4.78 is 0. The van der Waals surface area contributed by atoms with Crippen LogP contribution in [0.3, 0.4) is 0 Å². The molecule has 0 unspecified atom stereocenters. The van der Waals surface area contributed by atoms with E-state index < -0.39 is 0 Å². The monoisotopic (exact) mass is 352 g/mol. The maximum atomic E-state index is 6.20. The van der Waals surface area contributed by atoms with Crippen LogP contribution in [0, 0.1) is 13.8 Å². The number of nitrogens with zero attached hydrogens (tertiary/aromatic N) is 1. The second-order valence-corrected chi connectivity index (χ2v) is 6.55. The molecular formula is C17H18Cl2N2S. The van der Waals surface area contributed by atoms with E-state index in [2.05, 4.69) is 31.3 Å². The third kappa shape index (κ3) is 4.35. The van der Waals surface area contributed by atoms with Crippen LogP contribution in [0.15, 0.2) is 36.4 Å². The van der Waals surface area contributed by atoms with Gasteiger partial charge in [0.2, 0.25) is 0 Å². The quantitative estimate of drug-likeness (QED) is 0.740. The first-order chi connectivity index (χ1) is 10.4. The van der Waals surface area contributed by atoms with Crippen molar-refractivity contribution in [1.29, 1.82) is 0 Å². The van der Waals surface area contributed by atoms with Gasteiger partial charge in [0.25, 0.3) is 0 Å². The smallest absolute Gasteiger partial charge is 0.173 e. The summed E-state index contributed by atoms with van der Waals surface area (Å²) in [5.41, 5.74) is 4.47. The molecule has 2 aromatic carbocycles. The molecule has 0 spiro atoms. The van der Waals surface area contributed by atoms with Crippen LogP contribution >= 0.6 is 35.4 Å². The van der Waals surface area contributed by atoms with Crippen molar-refractivity contribution in [3.8, 4) is 0 Å². The summed E-state index contributed by atoms with van der Waals surface area (Å²) >= 11 is 17.6. The van der Waals surface area contributed by atoms with Gasteiger partial charge in [0.1, 0.15) is 0 Å². The highest BCUT2D eigenvalue weighted by Gasteiger charge is 2.09. The molecule has 0 aliphatic heterocycles. The normalized spacial score (nSPS) is 10.4. The Morgan fingerprint density at radius 1 is 1.09 bits per heavy atom. The summed E-state index contributed by atoms with van der Waals surface area (Å²) in [5.74, 6) is 0. The van der Waals surface area contributed by atoms with E-state index in [4.69, 9.17) is 35.4 Å². The number of anilines is 1. The van der Waals surface area contributed by atoms with Crippen LogP contribution in [-0.4, -0.2) is 17.1 Å². The Bertz CT molecular complexity index is 701. The van der Waals surface area contributed by atoms with Gasteiger partial charge in [-0.3, -0.25) is 0 Å². The van der Waals surface area contributed by atoms with Gasteiger partial charge in [-0.1, -0.05) is 35.3 Å². The highest BCUT2D eigenvalue weighted by molar-refractivity contribution is 7.80. The maximum absolute atomic E-state index is 6.20. The Morgan fingerprint density at radius 3 is 2.45 bits per heavy atom. The lowest BCUT2D eigenvalue weighted by Gasteiger charge is -2.22. The summed E-state index contributed by atoms with van der Waals surface area (Å²) in [5, 5.41) is 5.17. The van der Waals surface area contributed by atoms with Gasteiger partial charge in [-0.05, 0) is 67.0 Å². The topological polar surface area (TPSA) is 15.3 Å². The van der Waals surface area contributed by atoms with Crippen LogP contribution in [0.2, 0.25) is 10.0 Å². The van der Waals surface area contributed by atoms with E-state index in [1.165, 1.54) is 11.1 Å². The molecule has 0 amide bonds. The fourth-order valence-corrected chi connectivity index (χ4v) is 2.67. The van der Waals surface area contributed by atoms with Crippen molar-refractivity contribution in [2.75, 3.05) is 12.4 Å². The van der Waals surface area contributed by atoms with Gasteiger partial charge in [-0.25, -0.2) is 0 Å². The molecule has 0 radical (unpaired) electrons. The molecule has 0 heterocycles. The molecule has 2 rings (SSSR count). The molecular weight excluding hydrogens is 335 g/mol.